The maximum Gasteiger partial charge on any atom is 0.123 e. The smallest absolute Gasteiger partial charge is 0.123 e. The maximum atomic E-state index is 14.0. The van der Waals surface area contributed by atoms with Crippen LogP contribution in [0.1, 0.15) is 29.3 Å². The first-order chi connectivity index (χ1) is 12.8. The molecule has 0 saturated heterocycles. The maximum absolute atomic E-state index is 14.0. The number of para-hydroxylation sites is 1. The molecule has 0 spiro atoms. The Hall–Kier alpha value is -2.59. The van der Waals surface area contributed by atoms with E-state index in [1.54, 1.807) is 19.2 Å². The number of aryl methyl sites for hydroxylation is 1. The highest BCUT2D eigenvalue weighted by atomic mass is 19.1. The summed E-state index contributed by atoms with van der Waals surface area (Å²) in [5.74, 6) is 0.701. The quantitative estimate of drug-likeness (QED) is 0.682. The zero-order chi connectivity index (χ0) is 17.9. The molecule has 26 heavy (non-hydrogen) atoms. The monoisotopic (exact) mass is 350 g/mol. The van der Waals surface area contributed by atoms with Gasteiger partial charge < -0.3 is 9.30 Å². The number of hydrogen-bond donors (Lipinski definition) is 0. The normalized spacial score (nSPS) is 17.5. The molecule has 1 atom stereocenters. The molecule has 0 radical (unpaired) electrons. The predicted molar refractivity (Wildman–Crippen MR) is 101 cm³/mol. The van der Waals surface area contributed by atoms with Gasteiger partial charge in [-0.2, -0.15) is 0 Å². The summed E-state index contributed by atoms with van der Waals surface area (Å²) in [5, 5.41) is 0. The summed E-state index contributed by atoms with van der Waals surface area (Å²) in [6.45, 7) is 2.69. The Morgan fingerprint density at radius 3 is 2.77 bits per heavy atom. The van der Waals surface area contributed by atoms with Crippen LogP contribution >= 0.6 is 0 Å². The van der Waals surface area contributed by atoms with Gasteiger partial charge in [0.25, 0.3) is 0 Å². The van der Waals surface area contributed by atoms with Crippen LogP contribution in [0, 0.1) is 5.82 Å². The van der Waals surface area contributed by atoms with Gasteiger partial charge in [0, 0.05) is 37.1 Å². The summed E-state index contributed by atoms with van der Waals surface area (Å²) >= 11 is 0. The van der Waals surface area contributed by atoms with E-state index in [-0.39, 0.29) is 11.9 Å². The molecule has 3 aromatic rings. The minimum atomic E-state index is -0.193. The zero-order valence-corrected chi connectivity index (χ0v) is 14.9. The Balaban J connectivity index is 1.76. The van der Waals surface area contributed by atoms with Gasteiger partial charge in [0.1, 0.15) is 11.6 Å². The Labute approximate surface area is 153 Å². The standard InChI is InChI=1S/C22H23FN2O/c1-26-21-11-3-2-7-18(21)16-25-14-6-13-24-12-5-10-20(24)22(25)17-8-4-9-19(23)15-17/h2-5,7-12,15,22H,6,13-14,16H2,1H3/t22-/m1/s1. The van der Waals surface area contributed by atoms with E-state index in [2.05, 4.69) is 33.9 Å². The molecule has 0 unspecified atom stereocenters. The van der Waals surface area contributed by atoms with Crippen LogP contribution in [-0.4, -0.2) is 23.1 Å². The van der Waals surface area contributed by atoms with Crippen LogP contribution in [0.15, 0.2) is 66.9 Å². The van der Waals surface area contributed by atoms with Gasteiger partial charge in [-0.3, -0.25) is 4.90 Å². The number of aromatic nitrogens is 1. The average molecular weight is 350 g/mol. The molecule has 0 bridgehead atoms. The van der Waals surface area contributed by atoms with Crippen LogP contribution in [0.4, 0.5) is 4.39 Å². The average Bonchev–Trinajstić information content (AvgIpc) is 3.03. The van der Waals surface area contributed by atoms with Crippen molar-refractivity contribution in [2.75, 3.05) is 13.7 Å². The van der Waals surface area contributed by atoms with Gasteiger partial charge in [-0.25, -0.2) is 4.39 Å². The second kappa shape index (κ2) is 7.34. The summed E-state index contributed by atoms with van der Waals surface area (Å²) in [6.07, 6.45) is 3.18. The van der Waals surface area contributed by atoms with E-state index in [1.165, 1.54) is 11.8 Å². The highest BCUT2D eigenvalue weighted by molar-refractivity contribution is 5.35. The van der Waals surface area contributed by atoms with Crippen molar-refractivity contribution in [3.05, 3.63) is 89.5 Å². The molecule has 2 aromatic carbocycles. The van der Waals surface area contributed by atoms with Gasteiger partial charge in [0.2, 0.25) is 0 Å². The van der Waals surface area contributed by atoms with Gasteiger partial charge in [0.05, 0.1) is 13.2 Å². The molecule has 1 aliphatic rings. The van der Waals surface area contributed by atoms with E-state index in [1.807, 2.05) is 24.3 Å². The minimum Gasteiger partial charge on any atom is -0.496 e. The number of halogens is 1. The summed E-state index contributed by atoms with van der Waals surface area (Å²) in [5.41, 5.74) is 3.35. The third-order valence-corrected chi connectivity index (χ3v) is 5.08. The SMILES string of the molecule is COc1ccccc1CN1CCCn2cccc2[C@H]1c1cccc(F)c1. The van der Waals surface area contributed by atoms with E-state index in [9.17, 15) is 4.39 Å². The summed E-state index contributed by atoms with van der Waals surface area (Å²) in [6, 6.07) is 19.3. The lowest BCUT2D eigenvalue weighted by Gasteiger charge is -2.31. The van der Waals surface area contributed by atoms with E-state index in [0.717, 1.165) is 42.9 Å². The molecule has 0 fully saturated rings. The number of ether oxygens (including phenoxy) is 1. The van der Waals surface area contributed by atoms with Gasteiger partial charge in [0.15, 0.2) is 0 Å². The van der Waals surface area contributed by atoms with Crippen LogP contribution in [0.5, 0.6) is 5.75 Å². The lowest BCUT2D eigenvalue weighted by atomic mass is 10.0. The van der Waals surface area contributed by atoms with Crippen molar-refractivity contribution in [3.8, 4) is 5.75 Å². The first-order valence-corrected chi connectivity index (χ1v) is 9.03. The molecule has 0 saturated carbocycles. The van der Waals surface area contributed by atoms with Crippen molar-refractivity contribution in [1.29, 1.82) is 0 Å². The van der Waals surface area contributed by atoms with Crippen LogP contribution < -0.4 is 4.74 Å². The predicted octanol–water partition coefficient (Wildman–Crippen LogP) is 4.63. The van der Waals surface area contributed by atoms with E-state index >= 15 is 0 Å². The van der Waals surface area contributed by atoms with E-state index in [0.29, 0.717) is 0 Å². The van der Waals surface area contributed by atoms with Crippen molar-refractivity contribution in [2.45, 2.75) is 25.6 Å². The Morgan fingerprint density at radius 1 is 1.04 bits per heavy atom. The van der Waals surface area contributed by atoms with Gasteiger partial charge in [-0.15, -0.1) is 0 Å². The Bertz CT molecular complexity index is 889. The number of methoxy groups -OCH3 is 1. The molecule has 4 rings (SSSR count). The highest BCUT2D eigenvalue weighted by Crippen LogP contribution is 2.34. The Kier molecular flexibility index (Phi) is 4.76. The summed E-state index contributed by atoms with van der Waals surface area (Å²) in [4.78, 5) is 2.42. The molecule has 1 aliphatic heterocycles. The fraction of sp³-hybridized carbons (Fsp3) is 0.273. The van der Waals surface area contributed by atoms with Crippen molar-refractivity contribution >= 4 is 0 Å². The lowest BCUT2D eigenvalue weighted by molar-refractivity contribution is 0.217. The number of benzene rings is 2. The number of rotatable bonds is 4. The lowest BCUT2D eigenvalue weighted by Crippen LogP contribution is -2.29. The molecular weight excluding hydrogens is 327 g/mol. The summed E-state index contributed by atoms with van der Waals surface area (Å²) < 4.78 is 21.8. The molecule has 4 heteroatoms. The largest absolute Gasteiger partial charge is 0.496 e. The molecule has 0 N–H and O–H groups in total. The minimum absolute atomic E-state index is 0.0214. The van der Waals surface area contributed by atoms with Gasteiger partial charge >= 0.3 is 0 Å². The second-order valence-electron chi connectivity index (χ2n) is 6.72. The number of fused-ring (bicyclic) bond motifs is 1. The van der Waals surface area contributed by atoms with Gasteiger partial charge in [-0.1, -0.05) is 30.3 Å². The number of nitrogens with zero attached hydrogens (tertiary/aromatic N) is 2. The van der Waals surface area contributed by atoms with Crippen LogP contribution in [0.2, 0.25) is 0 Å². The Morgan fingerprint density at radius 2 is 1.92 bits per heavy atom. The fourth-order valence-corrected chi connectivity index (χ4v) is 3.92. The van der Waals surface area contributed by atoms with Gasteiger partial charge in [-0.05, 0) is 42.3 Å². The molecule has 3 nitrogen and oxygen atoms in total. The van der Waals surface area contributed by atoms with Crippen LogP contribution in [-0.2, 0) is 13.1 Å². The third-order valence-electron chi connectivity index (χ3n) is 5.08. The van der Waals surface area contributed by atoms with Crippen LogP contribution in [0.25, 0.3) is 0 Å². The third kappa shape index (κ3) is 3.25. The molecule has 134 valence electrons. The van der Waals surface area contributed by atoms with E-state index in [4.69, 9.17) is 4.74 Å². The fourth-order valence-electron chi connectivity index (χ4n) is 3.92. The molecule has 0 aliphatic carbocycles. The molecule has 1 aromatic heterocycles. The van der Waals surface area contributed by atoms with Crippen molar-refractivity contribution < 1.29 is 9.13 Å². The van der Waals surface area contributed by atoms with Crippen LogP contribution in [0.3, 0.4) is 0 Å². The topological polar surface area (TPSA) is 17.4 Å². The summed E-state index contributed by atoms with van der Waals surface area (Å²) in [7, 11) is 1.70. The van der Waals surface area contributed by atoms with Crippen molar-refractivity contribution in [1.82, 2.24) is 9.47 Å². The number of hydrogen-bond acceptors (Lipinski definition) is 2. The zero-order valence-electron chi connectivity index (χ0n) is 14.9. The highest BCUT2D eigenvalue weighted by Gasteiger charge is 2.28. The first-order valence-electron chi connectivity index (χ1n) is 9.03. The van der Waals surface area contributed by atoms with Crippen molar-refractivity contribution in [3.63, 3.8) is 0 Å². The molecule has 0 amide bonds. The first kappa shape index (κ1) is 16.9. The van der Waals surface area contributed by atoms with Crippen molar-refractivity contribution in [2.24, 2.45) is 0 Å². The second-order valence-corrected chi connectivity index (χ2v) is 6.72. The van der Waals surface area contributed by atoms with E-state index < -0.39 is 0 Å². The molecule has 2 heterocycles. The molecular formula is C22H23FN2O.